The SMILES string of the molecule is C[N+]12CCCCC1[C@H](CO)CCC2.I. The first kappa shape index (κ1) is 12.7. The number of fused-ring (bicyclic) bond motifs is 1. The number of aliphatic hydroxyl groups excluding tert-OH is 1. The van der Waals surface area contributed by atoms with Gasteiger partial charge in [0.2, 0.25) is 0 Å². The van der Waals surface area contributed by atoms with E-state index in [1.165, 1.54) is 49.7 Å². The molecule has 14 heavy (non-hydrogen) atoms. The second-order valence-electron chi connectivity index (χ2n) is 5.07. The predicted molar refractivity (Wildman–Crippen MR) is 68.8 cm³/mol. The summed E-state index contributed by atoms with van der Waals surface area (Å²) < 4.78 is 1.26. The van der Waals surface area contributed by atoms with E-state index in [0.717, 1.165) is 6.04 Å². The summed E-state index contributed by atoms with van der Waals surface area (Å²) in [5, 5.41) is 9.33. The summed E-state index contributed by atoms with van der Waals surface area (Å²) in [5.74, 6) is 0.596. The summed E-state index contributed by atoms with van der Waals surface area (Å²) in [6, 6.07) is 0.771. The molecule has 2 heterocycles. The lowest BCUT2D eigenvalue weighted by molar-refractivity contribution is -0.947. The van der Waals surface area contributed by atoms with Crippen LogP contribution in [-0.2, 0) is 0 Å². The van der Waals surface area contributed by atoms with Crippen molar-refractivity contribution in [1.29, 1.82) is 0 Å². The third kappa shape index (κ3) is 2.25. The lowest BCUT2D eigenvalue weighted by atomic mass is 9.82. The first-order valence-corrected chi connectivity index (χ1v) is 5.71. The highest BCUT2D eigenvalue weighted by Gasteiger charge is 2.42. The van der Waals surface area contributed by atoms with Gasteiger partial charge in [-0.2, -0.15) is 0 Å². The highest BCUT2D eigenvalue weighted by atomic mass is 127. The fourth-order valence-electron chi connectivity index (χ4n) is 3.45. The number of nitrogens with zero attached hydrogens (tertiary/aromatic N) is 1. The van der Waals surface area contributed by atoms with Crippen molar-refractivity contribution in [1.82, 2.24) is 0 Å². The molecule has 2 fully saturated rings. The molecule has 2 nitrogen and oxygen atoms in total. The Balaban J connectivity index is 0.000000980. The van der Waals surface area contributed by atoms with Crippen LogP contribution in [0.15, 0.2) is 0 Å². The second kappa shape index (κ2) is 5.12. The van der Waals surface area contributed by atoms with Crippen LogP contribution in [-0.4, -0.2) is 42.4 Å². The first-order chi connectivity index (χ1) is 6.26. The van der Waals surface area contributed by atoms with Crippen LogP contribution >= 0.6 is 24.0 Å². The van der Waals surface area contributed by atoms with Gasteiger partial charge < -0.3 is 9.59 Å². The van der Waals surface area contributed by atoms with Gasteiger partial charge in [-0.3, -0.25) is 0 Å². The summed E-state index contributed by atoms with van der Waals surface area (Å²) >= 11 is 0. The van der Waals surface area contributed by atoms with Crippen LogP contribution in [0, 0.1) is 5.92 Å². The topological polar surface area (TPSA) is 20.2 Å². The van der Waals surface area contributed by atoms with Gasteiger partial charge in [-0.25, -0.2) is 0 Å². The monoisotopic (exact) mass is 312 g/mol. The molecule has 0 bridgehead atoms. The van der Waals surface area contributed by atoms with E-state index >= 15 is 0 Å². The van der Waals surface area contributed by atoms with Gasteiger partial charge in [0, 0.05) is 12.3 Å². The maximum Gasteiger partial charge on any atom is 0.0939 e. The molecule has 0 aliphatic carbocycles. The Morgan fingerprint density at radius 2 is 1.86 bits per heavy atom. The molecule has 0 aromatic heterocycles. The number of hydrogen-bond donors (Lipinski definition) is 1. The van der Waals surface area contributed by atoms with Gasteiger partial charge in [0.05, 0.1) is 32.8 Å². The van der Waals surface area contributed by atoms with Crippen molar-refractivity contribution in [2.75, 3.05) is 26.7 Å². The molecule has 1 N–H and O–H groups in total. The number of rotatable bonds is 1. The molecule has 3 atom stereocenters. The molecular formula is C11H23INO+. The summed E-state index contributed by atoms with van der Waals surface area (Å²) in [6.45, 7) is 3.11. The van der Waals surface area contributed by atoms with Gasteiger partial charge in [-0.15, -0.1) is 24.0 Å². The molecule has 0 spiro atoms. The van der Waals surface area contributed by atoms with E-state index in [0.29, 0.717) is 12.5 Å². The summed E-state index contributed by atoms with van der Waals surface area (Å²) in [5.41, 5.74) is 0. The molecule has 0 aromatic carbocycles. The molecule has 2 aliphatic rings. The second-order valence-corrected chi connectivity index (χ2v) is 5.07. The zero-order valence-corrected chi connectivity index (χ0v) is 11.4. The molecule has 84 valence electrons. The molecular weight excluding hydrogens is 289 g/mol. The molecule has 0 aromatic rings. The summed E-state index contributed by atoms with van der Waals surface area (Å²) in [7, 11) is 2.39. The Morgan fingerprint density at radius 1 is 1.14 bits per heavy atom. The van der Waals surface area contributed by atoms with Crippen molar-refractivity contribution in [3.05, 3.63) is 0 Å². The minimum absolute atomic E-state index is 0. The van der Waals surface area contributed by atoms with E-state index in [1.807, 2.05) is 0 Å². The number of aliphatic hydroxyl groups is 1. The lowest BCUT2D eigenvalue weighted by Crippen LogP contribution is -2.61. The molecule has 3 heteroatoms. The molecule has 2 aliphatic heterocycles. The van der Waals surface area contributed by atoms with E-state index in [-0.39, 0.29) is 24.0 Å². The molecule has 0 radical (unpaired) electrons. The van der Waals surface area contributed by atoms with Crippen molar-refractivity contribution < 1.29 is 9.59 Å². The van der Waals surface area contributed by atoms with E-state index in [4.69, 9.17) is 0 Å². The van der Waals surface area contributed by atoms with Gasteiger partial charge in [-0.1, -0.05) is 0 Å². The third-order valence-electron chi connectivity index (χ3n) is 4.24. The fraction of sp³-hybridized carbons (Fsp3) is 1.00. The normalized spacial score (nSPS) is 42.4. The largest absolute Gasteiger partial charge is 0.396 e. The molecule has 2 rings (SSSR count). The number of hydrogen-bond acceptors (Lipinski definition) is 1. The van der Waals surface area contributed by atoms with Crippen LogP contribution in [0.25, 0.3) is 0 Å². The molecule has 0 amide bonds. The van der Waals surface area contributed by atoms with E-state index in [2.05, 4.69) is 7.05 Å². The zero-order valence-electron chi connectivity index (χ0n) is 9.11. The van der Waals surface area contributed by atoms with Gasteiger partial charge in [0.15, 0.2) is 0 Å². The van der Waals surface area contributed by atoms with Crippen LogP contribution in [0.3, 0.4) is 0 Å². The van der Waals surface area contributed by atoms with Crippen molar-refractivity contribution in [2.24, 2.45) is 5.92 Å². The molecule has 2 saturated heterocycles. The van der Waals surface area contributed by atoms with Crippen LogP contribution in [0.2, 0.25) is 0 Å². The Bertz CT molecular complexity index is 184. The highest BCUT2D eigenvalue weighted by Crippen LogP contribution is 2.35. The number of piperidine rings is 2. The predicted octanol–water partition coefficient (Wildman–Crippen LogP) is 2.01. The first-order valence-electron chi connectivity index (χ1n) is 5.71. The molecule has 0 saturated carbocycles. The average Bonchev–Trinajstić information content (AvgIpc) is 2.15. The summed E-state index contributed by atoms with van der Waals surface area (Å²) in [4.78, 5) is 0. The van der Waals surface area contributed by atoms with Crippen molar-refractivity contribution >= 4 is 24.0 Å². The van der Waals surface area contributed by atoms with Crippen molar-refractivity contribution in [3.8, 4) is 0 Å². The quantitative estimate of drug-likeness (QED) is 0.580. The van der Waals surface area contributed by atoms with Gasteiger partial charge in [0.1, 0.15) is 0 Å². The summed E-state index contributed by atoms with van der Waals surface area (Å²) in [6.07, 6.45) is 6.70. The van der Waals surface area contributed by atoms with Crippen LogP contribution in [0.4, 0.5) is 0 Å². The Labute approximate surface area is 104 Å². The van der Waals surface area contributed by atoms with Gasteiger partial charge in [0.25, 0.3) is 0 Å². The molecule has 2 unspecified atom stereocenters. The van der Waals surface area contributed by atoms with Crippen LogP contribution < -0.4 is 0 Å². The fourth-order valence-corrected chi connectivity index (χ4v) is 3.45. The lowest BCUT2D eigenvalue weighted by Gasteiger charge is -2.50. The van der Waals surface area contributed by atoms with Crippen LogP contribution in [0.5, 0.6) is 0 Å². The van der Waals surface area contributed by atoms with Gasteiger partial charge in [-0.05, 0) is 25.7 Å². The van der Waals surface area contributed by atoms with Gasteiger partial charge >= 0.3 is 0 Å². The van der Waals surface area contributed by atoms with E-state index < -0.39 is 0 Å². The number of halogens is 1. The van der Waals surface area contributed by atoms with Crippen molar-refractivity contribution in [3.63, 3.8) is 0 Å². The Hall–Kier alpha value is 0.650. The maximum atomic E-state index is 9.33. The highest BCUT2D eigenvalue weighted by molar-refractivity contribution is 14.0. The van der Waals surface area contributed by atoms with Crippen LogP contribution in [0.1, 0.15) is 32.1 Å². The van der Waals surface area contributed by atoms with E-state index in [1.54, 1.807) is 0 Å². The third-order valence-corrected chi connectivity index (χ3v) is 4.24. The Morgan fingerprint density at radius 3 is 2.57 bits per heavy atom. The number of quaternary nitrogens is 1. The van der Waals surface area contributed by atoms with E-state index in [9.17, 15) is 5.11 Å². The van der Waals surface area contributed by atoms with Crippen molar-refractivity contribution in [2.45, 2.75) is 38.1 Å². The minimum Gasteiger partial charge on any atom is -0.396 e. The standard InChI is InChI=1S/C11H22NO.HI/c1-12-7-3-2-6-11(12)10(9-13)5-4-8-12;/h10-11,13H,2-9H2,1H3;1H/q+1;/t10-,11?,12?;/m0./s1. The smallest absolute Gasteiger partial charge is 0.0939 e. The maximum absolute atomic E-state index is 9.33. The zero-order chi connectivity index (χ0) is 9.31. The Kier molecular flexibility index (Phi) is 4.65. The average molecular weight is 312 g/mol. The minimum atomic E-state index is 0.